The molecule has 0 atom stereocenters. The fourth-order valence-corrected chi connectivity index (χ4v) is 1.67. The van der Waals surface area contributed by atoms with Crippen molar-refractivity contribution in [1.29, 1.82) is 0 Å². The number of hydrogen-bond donors (Lipinski definition) is 3. The molecule has 0 aliphatic heterocycles. The smallest absolute Gasteiger partial charge is 0.230 e. The van der Waals surface area contributed by atoms with Crippen LogP contribution < -0.4 is 16.4 Å². The Hall–Kier alpha value is -2.04. The molecule has 104 valence electrons. The summed E-state index contributed by atoms with van der Waals surface area (Å²) in [5.74, 6) is -0.185. The van der Waals surface area contributed by atoms with Gasteiger partial charge >= 0.3 is 0 Å². The van der Waals surface area contributed by atoms with E-state index in [-0.39, 0.29) is 11.8 Å². The SMILES string of the molecule is CC(=O)NCCNC(=O)C(C)(C)c1ccc(N)cc1. The van der Waals surface area contributed by atoms with Crippen LogP contribution in [0.5, 0.6) is 0 Å². The summed E-state index contributed by atoms with van der Waals surface area (Å²) in [5, 5.41) is 5.44. The van der Waals surface area contributed by atoms with E-state index < -0.39 is 5.41 Å². The standard InChI is InChI=1S/C14H21N3O2/c1-10(18)16-8-9-17-13(19)14(2,3)11-4-6-12(15)7-5-11/h4-7H,8-9,15H2,1-3H3,(H,16,18)(H,17,19). The lowest BCUT2D eigenvalue weighted by molar-refractivity contribution is -0.126. The number of nitrogen functional groups attached to an aromatic ring is 1. The molecule has 0 spiro atoms. The molecule has 4 N–H and O–H groups in total. The Labute approximate surface area is 113 Å². The van der Waals surface area contributed by atoms with Gasteiger partial charge in [-0.25, -0.2) is 0 Å². The molecule has 5 nitrogen and oxygen atoms in total. The molecule has 2 amide bonds. The monoisotopic (exact) mass is 263 g/mol. The van der Waals surface area contributed by atoms with Crippen molar-refractivity contribution in [2.75, 3.05) is 18.8 Å². The van der Waals surface area contributed by atoms with Crippen molar-refractivity contribution in [3.05, 3.63) is 29.8 Å². The van der Waals surface area contributed by atoms with E-state index in [1.165, 1.54) is 6.92 Å². The molecule has 0 radical (unpaired) electrons. The highest BCUT2D eigenvalue weighted by atomic mass is 16.2. The van der Waals surface area contributed by atoms with Crippen molar-refractivity contribution in [2.24, 2.45) is 0 Å². The van der Waals surface area contributed by atoms with Crippen LogP contribution in [-0.2, 0) is 15.0 Å². The Bertz CT molecular complexity index is 452. The van der Waals surface area contributed by atoms with Crippen LogP contribution in [0.4, 0.5) is 5.69 Å². The van der Waals surface area contributed by atoms with Gasteiger partial charge in [-0.15, -0.1) is 0 Å². The van der Waals surface area contributed by atoms with Crippen LogP contribution in [-0.4, -0.2) is 24.9 Å². The second kappa shape index (κ2) is 6.22. The van der Waals surface area contributed by atoms with E-state index in [2.05, 4.69) is 10.6 Å². The Balaban J connectivity index is 2.58. The highest BCUT2D eigenvalue weighted by molar-refractivity contribution is 5.87. The molecule has 1 aromatic carbocycles. The van der Waals surface area contributed by atoms with E-state index in [1.54, 1.807) is 12.1 Å². The van der Waals surface area contributed by atoms with Crippen molar-refractivity contribution in [3.8, 4) is 0 Å². The number of carbonyl (C=O) groups is 2. The molecule has 0 fully saturated rings. The fourth-order valence-electron chi connectivity index (χ4n) is 1.67. The maximum atomic E-state index is 12.1. The zero-order valence-corrected chi connectivity index (χ0v) is 11.6. The van der Waals surface area contributed by atoms with Gasteiger partial charge in [-0.05, 0) is 31.5 Å². The number of anilines is 1. The fraction of sp³-hybridized carbons (Fsp3) is 0.429. The zero-order valence-electron chi connectivity index (χ0n) is 11.6. The first-order valence-corrected chi connectivity index (χ1v) is 6.23. The number of benzene rings is 1. The number of hydrogen-bond acceptors (Lipinski definition) is 3. The first-order chi connectivity index (χ1) is 8.84. The topological polar surface area (TPSA) is 84.2 Å². The molecule has 0 bridgehead atoms. The Morgan fingerprint density at radius 3 is 2.16 bits per heavy atom. The van der Waals surface area contributed by atoms with Gasteiger partial charge in [0.05, 0.1) is 5.41 Å². The number of amides is 2. The average molecular weight is 263 g/mol. The quantitative estimate of drug-likeness (QED) is 0.542. The first-order valence-electron chi connectivity index (χ1n) is 6.23. The van der Waals surface area contributed by atoms with Crippen molar-refractivity contribution < 1.29 is 9.59 Å². The van der Waals surface area contributed by atoms with Gasteiger partial charge in [-0.1, -0.05) is 12.1 Å². The van der Waals surface area contributed by atoms with Crippen LogP contribution in [0, 0.1) is 0 Å². The third kappa shape index (κ3) is 4.28. The zero-order chi connectivity index (χ0) is 14.5. The number of rotatable bonds is 5. The summed E-state index contributed by atoms with van der Waals surface area (Å²) in [6.07, 6.45) is 0. The first kappa shape index (κ1) is 15.0. The third-order valence-corrected chi connectivity index (χ3v) is 2.98. The second-order valence-corrected chi connectivity index (χ2v) is 4.99. The summed E-state index contributed by atoms with van der Waals surface area (Å²) < 4.78 is 0. The van der Waals surface area contributed by atoms with Gasteiger partial charge in [0.25, 0.3) is 0 Å². The van der Waals surface area contributed by atoms with Crippen LogP contribution >= 0.6 is 0 Å². The van der Waals surface area contributed by atoms with Crippen molar-refractivity contribution in [3.63, 3.8) is 0 Å². The van der Waals surface area contributed by atoms with E-state index >= 15 is 0 Å². The molecular weight excluding hydrogens is 242 g/mol. The molecule has 19 heavy (non-hydrogen) atoms. The van der Waals surface area contributed by atoms with Crippen LogP contribution in [0.15, 0.2) is 24.3 Å². The lowest BCUT2D eigenvalue weighted by Gasteiger charge is -2.24. The molecule has 1 aromatic rings. The van der Waals surface area contributed by atoms with Gasteiger partial charge in [0.1, 0.15) is 0 Å². The average Bonchev–Trinajstić information content (AvgIpc) is 2.34. The molecule has 0 aromatic heterocycles. The van der Waals surface area contributed by atoms with Crippen molar-refractivity contribution in [2.45, 2.75) is 26.2 Å². The lowest BCUT2D eigenvalue weighted by atomic mass is 9.83. The second-order valence-electron chi connectivity index (χ2n) is 4.99. The van der Waals surface area contributed by atoms with Gasteiger partial charge in [-0.3, -0.25) is 9.59 Å². The summed E-state index contributed by atoms with van der Waals surface area (Å²) in [4.78, 5) is 22.8. The van der Waals surface area contributed by atoms with Crippen molar-refractivity contribution >= 4 is 17.5 Å². The highest BCUT2D eigenvalue weighted by Gasteiger charge is 2.29. The number of nitrogens with two attached hydrogens (primary N) is 1. The van der Waals surface area contributed by atoms with E-state index in [0.717, 1.165) is 5.56 Å². The molecule has 1 rings (SSSR count). The minimum Gasteiger partial charge on any atom is -0.399 e. The molecule has 0 heterocycles. The number of nitrogens with one attached hydrogen (secondary N) is 2. The highest BCUT2D eigenvalue weighted by Crippen LogP contribution is 2.24. The molecule has 0 aliphatic rings. The third-order valence-electron chi connectivity index (χ3n) is 2.98. The van der Waals surface area contributed by atoms with Gasteiger partial charge in [-0.2, -0.15) is 0 Å². The summed E-state index contributed by atoms with van der Waals surface area (Å²) in [6.45, 7) is 5.99. The minimum atomic E-state index is -0.635. The Kier molecular flexibility index (Phi) is 4.92. The molecule has 5 heteroatoms. The summed E-state index contributed by atoms with van der Waals surface area (Å²) in [5.41, 5.74) is 6.57. The molecule has 0 aliphatic carbocycles. The maximum Gasteiger partial charge on any atom is 0.230 e. The minimum absolute atomic E-state index is 0.0809. The van der Waals surface area contributed by atoms with E-state index in [1.807, 2.05) is 26.0 Å². The summed E-state index contributed by atoms with van der Waals surface area (Å²) in [6, 6.07) is 7.26. The Morgan fingerprint density at radius 1 is 1.11 bits per heavy atom. The van der Waals surface area contributed by atoms with Gasteiger partial charge in [0.15, 0.2) is 0 Å². The predicted octanol–water partition coefficient (Wildman–Crippen LogP) is 0.799. The van der Waals surface area contributed by atoms with E-state index in [0.29, 0.717) is 18.8 Å². The lowest BCUT2D eigenvalue weighted by Crippen LogP contribution is -2.43. The van der Waals surface area contributed by atoms with Crippen LogP contribution in [0.3, 0.4) is 0 Å². The molecular formula is C14H21N3O2. The van der Waals surface area contributed by atoms with E-state index in [4.69, 9.17) is 5.73 Å². The number of carbonyl (C=O) groups excluding carboxylic acids is 2. The van der Waals surface area contributed by atoms with Gasteiger partial charge in [0, 0.05) is 25.7 Å². The maximum absolute atomic E-state index is 12.1. The predicted molar refractivity (Wildman–Crippen MR) is 75.6 cm³/mol. The summed E-state index contributed by atoms with van der Waals surface area (Å²) >= 11 is 0. The van der Waals surface area contributed by atoms with Gasteiger partial charge in [0.2, 0.25) is 11.8 Å². The molecule has 0 saturated carbocycles. The largest absolute Gasteiger partial charge is 0.399 e. The Morgan fingerprint density at radius 2 is 1.63 bits per heavy atom. The molecule has 0 unspecified atom stereocenters. The van der Waals surface area contributed by atoms with Crippen LogP contribution in [0.25, 0.3) is 0 Å². The van der Waals surface area contributed by atoms with E-state index in [9.17, 15) is 9.59 Å². The van der Waals surface area contributed by atoms with Gasteiger partial charge < -0.3 is 16.4 Å². The van der Waals surface area contributed by atoms with Crippen LogP contribution in [0.2, 0.25) is 0 Å². The normalized spacial score (nSPS) is 10.9. The molecule has 0 saturated heterocycles. The van der Waals surface area contributed by atoms with Crippen molar-refractivity contribution in [1.82, 2.24) is 10.6 Å². The summed E-state index contributed by atoms with van der Waals surface area (Å²) in [7, 11) is 0. The van der Waals surface area contributed by atoms with Crippen LogP contribution in [0.1, 0.15) is 26.3 Å².